The second-order valence-electron chi connectivity index (χ2n) is 10.5. The molecular formula is C31H37N7O2. The molecular weight excluding hydrogens is 502 g/mol. The van der Waals surface area contributed by atoms with Crippen LogP contribution in [0.2, 0.25) is 0 Å². The Morgan fingerprint density at radius 3 is 2.35 bits per heavy atom. The first-order valence-electron chi connectivity index (χ1n) is 14.2. The average molecular weight is 540 g/mol. The minimum atomic E-state index is -0.164. The summed E-state index contributed by atoms with van der Waals surface area (Å²) >= 11 is 0. The van der Waals surface area contributed by atoms with Crippen LogP contribution < -0.4 is 15.4 Å². The van der Waals surface area contributed by atoms with E-state index < -0.39 is 0 Å². The number of nitrogens with zero attached hydrogens (tertiary/aromatic N) is 6. The number of nitrogens with one attached hydrogen (secondary N) is 1. The molecule has 0 saturated carbocycles. The van der Waals surface area contributed by atoms with E-state index in [0.29, 0.717) is 44.2 Å². The maximum atomic E-state index is 13.1. The minimum absolute atomic E-state index is 0.0495. The third kappa shape index (κ3) is 6.52. The van der Waals surface area contributed by atoms with Crippen molar-refractivity contribution in [2.75, 3.05) is 62.2 Å². The summed E-state index contributed by atoms with van der Waals surface area (Å²) in [7, 11) is 0. The summed E-state index contributed by atoms with van der Waals surface area (Å²) in [5.41, 5.74) is 4.24. The molecule has 2 aromatic carbocycles. The number of para-hydroxylation sites is 1. The van der Waals surface area contributed by atoms with Crippen molar-refractivity contribution in [3.05, 3.63) is 87.3 Å². The smallest absolute Gasteiger partial charge is 0.253 e. The Hall–Kier alpha value is -4.16. The van der Waals surface area contributed by atoms with Gasteiger partial charge >= 0.3 is 0 Å². The molecule has 208 valence electrons. The fourth-order valence-corrected chi connectivity index (χ4v) is 5.44. The van der Waals surface area contributed by atoms with E-state index in [1.54, 1.807) is 6.07 Å². The Bertz CT molecular complexity index is 1400. The molecule has 1 amide bonds. The summed E-state index contributed by atoms with van der Waals surface area (Å²) in [4.78, 5) is 41.7. The molecule has 0 atom stereocenters. The van der Waals surface area contributed by atoms with E-state index in [1.165, 1.54) is 5.56 Å². The largest absolute Gasteiger partial charge is 0.368 e. The summed E-state index contributed by atoms with van der Waals surface area (Å²) in [5, 5.41) is 9.43. The van der Waals surface area contributed by atoms with Crippen LogP contribution in [0.3, 0.4) is 0 Å². The van der Waals surface area contributed by atoms with E-state index in [0.717, 1.165) is 62.4 Å². The van der Waals surface area contributed by atoms with E-state index in [4.69, 9.17) is 4.98 Å². The molecule has 0 radical (unpaired) electrons. The van der Waals surface area contributed by atoms with Crippen LogP contribution in [0.15, 0.2) is 59.4 Å². The lowest BCUT2D eigenvalue weighted by Crippen LogP contribution is -2.49. The fourth-order valence-electron chi connectivity index (χ4n) is 5.44. The van der Waals surface area contributed by atoms with Crippen LogP contribution in [0.1, 0.15) is 46.9 Å². The SMILES string of the molecule is CCCCc1ccc(C(=O)N2CCN(c3nc(CN4CCN(c5ccccc5C#N)CC4)cc(=O)[nH]3)CC2)cc1. The van der Waals surface area contributed by atoms with Gasteiger partial charge in [0.15, 0.2) is 0 Å². The molecule has 3 aromatic rings. The van der Waals surface area contributed by atoms with Crippen molar-refractivity contribution in [1.82, 2.24) is 19.8 Å². The number of piperazine rings is 2. The van der Waals surface area contributed by atoms with E-state index >= 15 is 0 Å². The zero-order valence-corrected chi connectivity index (χ0v) is 23.2. The van der Waals surface area contributed by atoms with E-state index in [-0.39, 0.29) is 11.5 Å². The van der Waals surface area contributed by atoms with Crippen LogP contribution in [0, 0.1) is 11.3 Å². The quantitative estimate of drug-likeness (QED) is 0.469. The van der Waals surface area contributed by atoms with Crippen molar-refractivity contribution in [1.29, 1.82) is 5.26 Å². The van der Waals surface area contributed by atoms with Gasteiger partial charge in [0.05, 0.1) is 16.9 Å². The number of aromatic nitrogens is 2. The summed E-state index contributed by atoms with van der Waals surface area (Å²) in [5.74, 6) is 0.616. The molecule has 1 aromatic heterocycles. The van der Waals surface area contributed by atoms with Gasteiger partial charge < -0.3 is 14.7 Å². The number of H-pyrrole nitrogens is 1. The third-order valence-corrected chi connectivity index (χ3v) is 7.79. The van der Waals surface area contributed by atoms with Crippen LogP contribution >= 0.6 is 0 Å². The number of carbonyl (C=O) groups excluding carboxylic acids is 1. The number of amides is 1. The lowest BCUT2D eigenvalue weighted by molar-refractivity contribution is 0.0746. The van der Waals surface area contributed by atoms with Gasteiger partial charge in [-0.15, -0.1) is 0 Å². The molecule has 0 spiro atoms. The standard InChI is InChI=1S/C31H37N7O2/c1-2-3-6-24-9-11-25(12-10-24)30(40)37-17-19-38(20-18-37)31-33-27(21-29(39)34-31)23-35-13-15-36(16-14-35)28-8-5-4-7-26(28)22-32/h4-5,7-12,21H,2-3,6,13-20,23H2,1H3,(H,33,34,39). The molecule has 9 heteroatoms. The molecule has 2 saturated heterocycles. The van der Waals surface area contributed by atoms with E-state index in [1.807, 2.05) is 41.3 Å². The van der Waals surface area contributed by atoms with Gasteiger partial charge in [-0.2, -0.15) is 5.26 Å². The molecule has 0 unspecified atom stereocenters. The monoisotopic (exact) mass is 539 g/mol. The van der Waals surface area contributed by atoms with Crippen molar-refractivity contribution in [3.63, 3.8) is 0 Å². The topological polar surface area (TPSA) is 99.6 Å². The average Bonchev–Trinajstić information content (AvgIpc) is 3.00. The lowest BCUT2D eigenvalue weighted by Gasteiger charge is -2.36. The van der Waals surface area contributed by atoms with Crippen LogP contribution in [0.5, 0.6) is 0 Å². The predicted molar refractivity (Wildman–Crippen MR) is 157 cm³/mol. The van der Waals surface area contributed by atoms with Crippen molar-refractivity contribution >= 4 is 17.5 Å². The first-order chi connectivity index (χ1) is 19.5. The van der Waals surface area contributed by atoms with Gasteiger partial charge in [0.1, 0.15) is 6.07 Å². The molecule has 0 aliphatic carbocycles. The second-order valence-corrected chi connectivity index (χ2v) is 10.5. The first kappa shape index (κ1) is 27.4. The maximum absolute atomic E-state index is 13.1. The number of nitriles is 1. The lowest BCUT2D eigenvalue weighted by atomic mass is 10.1. The van der Waals surface area contributed by atoms with Gasteiger partial charge in [0.2, 0.25) is 5.95 Å². The molecule has 3 heterocycles. The number of hydrogen-bond acceptors (Lipinski definition) is 7. The predicted octanol–water partition coefficient (Wildman–Crippen LogP) is 3.27. The Labute approximate surface area is 235 Å². The third-order valence-electron chi connectivity index (χ3n) is 7.79. The molecule has 9 nitrogen and oxygen atoms in total. The Morgan fingerprint density at radius 2 is 1.65 bits per heavy atom. The minimum Gasteiger partial charge on any atom is -0.368 e. The molecule has 5 rings (SSSR count). The van der Waals surface area contributed by atoms with Gasteiger partial charge in [0, 0.05) is 70.5 Å². The first-order valence-corrected chi connectivity index (χ1v) is 14.2. The highest BCUT2D eigenvalue weighted by Crippen LogP contribution is 2.22. The second kappa shape index (κ2) is 12.8. The van der Waals surface area contributed by atoms with Crippen LogP contribution in [0.25, 0.3) is 0 Å². The van der Waals surface area contributed by atoms with Crippen molar-refractivity contribution < 1.29 is 4.79 Å². The molecule has 2 aliphatic rings. The fraction of sp³-hybridized carbons (Fsp3) is 0.419. The molecule has 0 bridgehead atoms. The van der Waals surface area contributed by atoms with Crippen molar-refractivity contribution in [2.45, 2.75) is 32.7 Å². The summed E-state index contributed by atoms with van der Waals surface area (Å²) in [6, 6.07) is 19.5. The zero-order valence-electron chi connectivity index (χ0n) is 23.2. The van der Waals surface area contributed by atoms with Crippen molar-refractivity contribution in [3.8, 4) is 6.07 Å². The summed E-state index contributed by atoms with van der Waals surface area (Å²) in [6.07, 6.45) is 3.35. The number of carbonyl (C=O) groups is 1. The molecule has 40 heavy (non-hydrogen) atoms. The number of rotatable bonds is 8. The number of hydrogen-bond donors (Lipinski definition) is 1. The van der Waals surface area contributed by atoms with Gasteiger partial charge in [-0.25, -0.2) is 4.98 Å². The highest BCUT2D eigenvalue weighted by Gasteiger charge is 2.24. The normalized spacial score (nSPS) is 16.1. The van der Waals surface area contributed by atoms with Crippen LogP contribution in [-0.2, 0) is 13.0 Å². The summed E-state index contributed by atoms with van der Waals surface area (Å²) < 4.78 is 0. The highest BCUT2D eigenvalue weighted by molar-refractivity contribution is 5.94. The zero-order chi connectivity index (χ0) is 27.9. The Kier molecular flexibility index (Phi) is 8.77. The number of anilines is 2. The van der Waals surface area contributed by atoms with E-state index in [2.05, 4.69) is 44.8 Å². The Morgan fingerprint density at radius 1 is 0.950 bits per heavy atom. The Balaban J connectivity index is 1.15. The number of aromatic amines is 1. The highest BCUT2D eigenvalue weighted by atomic mass is 16.2. The van der Waals surface area contributed by atoms with Crippen molar-refractivity contribution in [2.24, 2.45) is 0 Å². The van der Waals surface area contributed by atoms with Gasteiger partial charge in [-0.1, -0.05) is 37.6 Å². The van der Waals surface area contributed by atoms with Gasteiger partial charge in [-0.3, -0.25) is 19.5 Å². The van der Waals surface area contributed by atoms with Crippen LogP contribution in [-0.4, -0.2) is 78.0 Å². The van der Waals surface area contributed by atoms with Crippen LogP contribution in [0.4, 0.5) is 11.6 Å². The maximum Gasteiger partial charge on any atom is 0.253 e. The molecule has 2 aliphatic heterocycles. The van der Waals surface area contributed by atoms with E-state index in [9.17, 15) is 14.9 Å². The number of aryl methyl sites for hydroxylation is 1. The number of unbranched alkanes of at least 4 members (excludes halogenated alkanes) is 1. The molecule has 1 N–H and O–H groups in total. The van der Waals surface area contributed by atoms with Gasteiger partial charge in [0.25, 0.3) is 11.5 Å². The molecule has 2 fully saturated rings. The van der Waals surface area contributed by atoms with Gasteiger partial charge in [-0.05, 0) is 42.7 Å². The summed E-state index contributed by atoms with van der Waals surface area (Å²) in [6.45, 7) is 8.44. The number of benzene rings is 2.